The number of hydrogen-bond acceptors (Lipinski definition) is 1. The number of imidazole rings is 1. The Labute approximate surface area is 178 Å². The van der Waals surface area contributed by atoms with E-state index in [4.69, 9.17) is 0 Å². The van der Waals surface area contributed by atoms with Crippen LogP contribution in [0.4, 0.5) is 0 Å². The number of aryl methyl sites for hydroxylation is 3. The molecule has 1 aromatic heterocycles. The SMILES string of the molecule is Cc1ccc(CN(I)I)cc1C.Cn1ccn(C(C)(C)C)[c]1=[Pt]. The van der Waals surface area contributed by atoms with Gasteiger partial charge in [0.25, 0.3) is 0 Å². The zero-order valence-electron chi connectivity index (χ0n) is 14.5. The van der Waals surface area contributed by atoms with Crippen LogP contribution in [-0.4, -0.2) is 10.5 Å². The van der Waals surface area contributed by atoms with Crippen molar-refractivity contribution < 1.29 is 19.4 Å². The van der Waals surface area contributed by atoms with E-state index in [1.807, 2.05) is 0 Å². The topological polar surface area (TPSA) is 13.1 Å². The zero-order valence-corrected chi connectivity index (χ0v) is 21.1. The molecular weight excluding hydrogens is 695 g/mol. The van der Waals surface area contributed by atoms with Crippen LogP contribution in [0.1, 0.15) is 37.5 Å². The maximum atomic E-state index is 2.33. The van der Waals surface area contributed by atoms with Crippen molar-refractivity contribution in [2.24, 2.45) is 7.05 Å². The van der Waals surface area contributed by atoms with E-state index in [-0.39, 0.29) is 5.54 Å². The van der Waals surface area contributed by atoms with Gasteiger partial charge in [0, 0.05) is 52.3 Å². The number of rotatable bonds is 2. The fraction of sp³-hybridized carbons (Fsp3) is 0.471. The predicted molar refractivity (Wildman–Crippen MR) is 111 cm³/mol. The second-order valence-corrected chi connectivity index (χ2v) is 11.8. The molecule has 0 unspecified atom stereocenters. The Bertz CT molecular complexity index is 697. The van der Waals surface area contributed by atoms with Crippen LogP contribution in [0.5, 0.6) is 0 Å². The molecule has 6 heteroatoms. The molecule has 0 N–H and O–H groups in total. The molecule has 0 radical (unpaired) electrons. The van der Waals surface area contributed by atoms with Gasteiger partial charge >= 0.3 is 78.0 Å². The van der Waals surface area contributed by atoms with Gasteiger partial charge in [-0.3, -0.25) is 0 Å². The van der Waals surface area contributed by atoms with E-state index in [9.17, 15) is 0 Å². The Morgan fingerprint density at radius 3 is 2.04 bits per heavy atom. The third-order valence-electron chi connectivity index (χ3n) is 3.49. The summed E-state index contributed by atoms with van der Waals surface area (Å²) in [6, 6.07) is 6.62. The van der Waals surface area contributed by atoms with Gasteiger partial charge in [-0.1, -0.05) is 18.2 Å². The summed E-state index contributed by atoms with van der Waals surface area (Å²) in [6.45, 7) is 11.9. The minimum absolute atomic E-state index is 0.193. The van der Waals surface area contributed by atoms with Gasteiger partial charge in [-0.15, -0.1) is 0 Å². The first-order valence-electron chi connectivity index (χ1n) is 7.37. The van der Waals surface area contributed by atoms with E-state index in [1.54, 1.807) is 0 Å². The molecule has 3 nitrogen and oxygen atoms in total. The van der Waals surface area contributed by atoms with Crippen LogP contribution in [0.2, 0.25) is 0 Å². The molecule has 2 rings (SSSR count). The molecule has 0 aliphatic heterocycles. The van der Waals surface area contributed by atoms with Crippen LogP contribution in [0, 0.1) is 17.7 Å². The Kier molecular flexibility index (Phi) is 8.72. The van der Waals surface area contributed by atoms with Gasteiger partial charge < -0.3 is 0 Å². The molecule has 23 heavy (non-hydrogen) atoms. The standard InChI is InChI=1S/C9H11I2N.C8H14N2.Pt/c1-7-3-4-9(5-8(7)2)6-12(10)11;1-8(2,3)10-6-5-9(4)7-10;/h3-5H,6H2,1-2H3;5-6H,1-4H3;. The summed E-state index contributed by atoms with van der Waals surface area (Å²) < 4.78 is 7.76. The van der Waals surface area contributed by atoms with E-state index < -0.39 is 0 Å². The summed E-state index contributed by atoms with van der Waals surface area (Å²) in [6.07, 6.45) is 4.19. The van der Waals surface area contributed by atoms with Gasteiger partial charge in [-0.05, 0) is 30.5 Å². The van der Waals surface area contributed by atoms with Gasteiger partial charge in [0.15, 0.2) is 0 Å². The number of hydrogen-bond donors (Lipinski definition) is 0. The summed E-state index contributed by atoms with van der Waals surface area (Å²) in [5.41, 5.74) is 4.31. The summed E-state index contributed by atoms with van der Waals surface area (Å²) in [5, 5.41) is 0. The molecule has 1 aromatic carbocycles. The fourth-order valence-electron chi connectivity index (χ4n) is 1.97. The van der Waals surface area contributed by atoms with Crippen LogP contribution in [0.25, 0.3) is 0 Å². The van der Waals surface area contributed by atoms with Crippen molar-refractivity contribution in [1.82, 2.24) is 10.5 Å². The van der Waals surface area contributed by atoms with Crippen molar-refractivity contribution in [3.8, 4) is 0 Å². The summed E-state index contributed by atoms with van der Waals surface area (Å²) >= 11 is 6.91. The van der Waals surface area contributed by atoms with Gasteiger partial charge in [0.1, 0.15) is 0 Å². The molecule has 132 valence electrons. The zero-order chi connectivity index (χ0) is 17.8. The van der Waals surface area contributed by atoms with E-state index >= 15 is 0 Å². The first-order chi connectivity index (χ1) is 10.5. The Balaban J connectivity index is 0.000000231. The van der Waals surface area contributed by atoms with E-state index in [1.165, 1.54) is 20.5 Å². The monoisotopic (exact) mass is 720 g/mol. The Morgan fingerprint density at radius 1 is 1.09 bits per heavy atom. The normalized spacial score (nSPS) is 11.4. The number of nitrogens with zero attached hydrogens (tertiary/aromatic N) is 3. The Hall–Kier alpha value is 0.538. The molecule has 0 spiro atoms. The van der Waals surface area contributed by atoms with Gasteiger partial charge in [-0.25, -0.2) is 0 Å². The molecule has 0 saturated heterocycles. The molecule has 0 saturated carbocycles. The molecule has 0 atom stereocenters. The number of benzene rings is 1. The summed E-state index contributed by atoms with van der Waals surface area (Å²) in [4.78, 5) is 0. The molecule has 2 aromatic rings. The number of aromatic nitrogens is 2. The van der Waals surface area contributed by atoms with Gasteiger partial charge in [0.05, 0.1) is 0 Å². The van der Waals surface area contributed by atoms with Gasteiger partial charge in [-0.2, -0.15) is 1.33 Å². The van der Waals surface area contributed by atoms with Crippen LogP contribution in [0.15, 0.2) is 30.6 Å². The minimum atomic E-state index is 0.193. The van der Waals surface area contributed by atoms with Gasteiger partial charge in [0.2, 0.25) is 0 Å². The average molecular weight is 720 g/mol. The van der Waals surface area contributed by atoms with Crippen molar-refractivity contribution in [3.05, 3.63) is 51.1 Å². The van der Waals surface area contributed by atoms with E-state index in [2.05, 4.69) is 148 Å². The Morgan fingerprint density at radius 2 is 1.70 bits per heavy atom. The van der Waals surface area contributed by atoms with Crippen molar-refractivity contribution in [3.63, 3.8) is 0 Å². The first kappa shape index (κ1) is 21.6. The van der Waals surface area contributed by atoms with Crippen LogP contribution in [-0.2, 0) is 38.5 Å². The van der Waals surface area contributed by atoms with Crippen molar-refractivity contribution in [2.45, 2.75) is 46.7 Å². The van der Waals surface area contributed by atoms with E-state index in [0.717, 1.165) is 6.54 Å². The molecular formula is C17H25I2N3Pt. The van der Waals surface area contributed by atoms with Crippen molar-refractivity contribution >= 4 is 45.7 Å². The average Bonchev–Trinajstić information content (AvgIpc) is 2.74. The van der Waals surface area contributed by atoms with Crippen molar-refractivity contribution in [2.75, 3.05) is 0 Å². The summed E-state index contributed by atoms with van der Waals surface area (Å²) in [7, 11) is 2.06. The molecule has 0 bridgehead atoms. The molecule has 0 fully saturated rings. The van der Waals surface area contributed by atoms with Crippen LogP contribution >= 0.6 is 45.7 Å². The molecule has 1 heterocycles. The maximum absolute atomic E-state index is 2.33. The first-order valence-corrected chi connectivity index (χ1v) is 10.4. The molecule has 0 aliphatic carbocycles. The number of halogens is 2. The van der Waals surface area contributed by atoms with Crippen LogP contribution in [0.3, 0.4) is 0 Å². The van der Waals surface area contributed by atoms with Crippen LogP contribution < -0.4 is 0 Å². The van der Waals surface area contributed by atoms with E-state index in [0.29, 0.717) is 0 Å². The fourth-order valence-corrected chi connectivity index (χ4v) is 3.86. The predicted octanol–water partition coefficient (Wildman–Crippen LogP) is 5.47. The quantitative estimate of drug-likeness (QED) is 0.297. The second kappa shape index (κ2) is 9.30. The third-order valence-corrected chi connectivity index (χ3v) is 5.52. The molecule has 0 aliphatic rings. The molecule has 0 amide bonds. The third kappa shape index (κ3) is 7.12. The summed E-state index contributed by atoms with van der Waals surface area (Å²) in [5.74, 6) is 0. The van der Waals surface area contributed by atoms with Crippen molar-refractivity contribution in [1.29, 1.82) is 0 Å². The second-order valence-electron chi connectivity index (χ2n) is 6.57.